The fraction of sp³-hybridized carbons (Fsp3) is 0.0667. The van der Waals surface area contributed by atoms with Crippen LogP contribution in [-0.2, 0) is 0 Å². The lowest BCUT2D eigenvalue weighted by molar-refractivity contribution is 0.0692. The number of azo groups is 1. The van der Waals surface area contributed by atoms with Crippen molar-refractivity contribution in [3.8, 4) is 11.5 Å². The molecule has 0 bridgehead atoms. The van der Waals surface area contributed by atoms with Gasteiger partial charge in [0.05, 0.1) is 5.69 Å². The van der Waals surface area contributed by atoms with Crippen LogP contribution in [-0.4, -0.2) is 27.3 Å². The van der Waals surface area contributed by atoms with Crippen LogP contribution in [0, 0.1) is 0 Å². The number of aromatic carboxylic acids is 1. The van der Waals surface area contributed by atoms with Crippen LogP contribution < -0.4 is 9.47 Å². The Labute approximate surface area is 129 Å². The molecule has 8 heteroatoms. The average Bonchev–Trinajstić information content (AvgIpc) is 3.16. The molecule has 0 unspecified atom stereocenters. The lowest BCUT2D eigenvalue weighted by Gasteiger charge is -1.98. The summed E-state index contributed by atoms with van der Waals surface area (Å²) in [6.45, 7) is 0.173. The van der Waals surface area contributed by atoms with Gasteiger partial charge in [-0.15, -0.1) is 10.2 Å². The molecule has 114 valence electrons. The van der Waals surface area contributed by atoms with Gasteiger partial charge in [-0.2, -0.15) is 0 Å². The fourth-order valence-electron chi connectivity index (χ4n) is 2.27. The second kappa shape index (κ2) is 5.09. The molecular formula is C15H10N4O4. The molecule has 23 heavy (non-hydrogen) atoms. The van der Waals surface area contributed by atoms with Gasteiger partial charge in [-0.05, 0) is 24.3 Å². The van der Waals surface area contributed by atoms with Crippen molar-refractivity contribution in [3.63, 3.8) is 0 Å². The van der Waals surface area contributed by atoms with Crippen molar-refractivity contribution in [1.82, 2.24) is 9.38 Å². The van der Waals surface area contributed by atoms with Crippen LogP contribution in [0.15, 0.2) is 52.8 Å². The number of carboxylic acid groups (broad SMARTS) is 1. The molecule has 8 nitrogen and oxygen atoms in total. The number of benzene rings is 1. The first kappa shape index (κ1) is 13.3. The van der Waals surface area contributed by atoms with Crippen LogP contribution >= 0.6 is 0 Å². The lowest BCUT2D eigenvalue weighted by atomic mass is 10.3. The van der Waals surface area contributed by atoms with E-state index in [1.54, 1.807) is 47.0 Å². The van der Waals surface area contributed by atoms with E-state index in [1.165, 1.54) is 0 Å². The Balaban J connectivity index is 1.77. The molecule has 0 saturated heterocycles. The van der Waals surface area contributed by atoms with E-state index >= 15 is 0 Å². The van der Waals surface area contributed by atoms with Crippen molar-refractivity contribution in [3.05, 3.63) is 48.3 Å². The summed E-state index contributed by atoms with van der Waals surface area (Å²) in [4.78, 5) is 15.4. The summed E-state index contributed by atoms with van der Waals surface area (Å²) in [7, 11) is 0. The summed E-state index contributed by atoms with van der Waals surface area (Å²) in [5, 5.41) is 17.4. The Kier molecular flexibility index (Phi) is 2.94. The number of aromatic nitrogens is 2. The molecular weight excluding hydrogens is 300 g/mol. The van der Waals surface area contributed by atoms with Crippen LogP contribution in [0.1, 0.15) is 10.5 Å². The predicted octanol–water partition coefficient (Wildman–Crippen LogP) is 3.18. The average molecular weight is 310 g/mol. The Morgan fingerprint density at radius 3 is 2.91 bits per heavy atom. The molecule has 0 amide bonds. The molecule has 1 aliphatic heterocycles. The molecule has 0 atom stereocenters. The molecule has 0 spiro atoms. The van der Waals surface area contributed by atoms with Gasteiger partial charge >= 0.3 is 5.97 Å². The van der Waals surface area contributed by atoms with Crippen LogP contribution in [0.5, 0.6) is 11.5 Å². The summed E-state index contributed by atoms with van der Waals surface area (Å²) in [5.74, 6) is 0.224. The topological polar surface area (TPSA) is 97.8 Å². The highest BCUT2D eigenvalue weighted by Crippen LogP contribution is 2.35. The number of carbonyl (C=O) groups is 1. The first-order chi connectivity index (χ1) is 11.2. The molecule has 3 heterocycles. The standard InChI is InChI=1S/C15H10N4O4/c20-15(21)13-14(19-6-2-1-3-12(19)16-13)18-17-9-4-5-10-11(7-9)23-8-22-10/h1-7H,8H2,(H,20,21). The van der Waals surface area contributed by atoms with Gasteiger partial charge in [-0.1, -0.05) is 6.07 Å². The zero-order chi connectivity index (χ0) is 15.8. The van der Waals surface area contributed by atoms with E-state index in [2.05, 4.69) is 15.2 Å². The molecule has 1 aliphatic rings. The molecule has 2 aromatic heterocycles. The van der Waals surface area contributed by atoms with Crippen molar-refractivity contribution in [2.24, 2.45) is 10.2 Å². The lowest BCUT2D eigenvalue weighted by Crippen LogP contribution is -1.96. The zero-order valence-corrected chi connectivity index (χ0v) is 11.7. The number of fused-ring (bicyclic) bond motifs is 2. The first-order valence-corrected chi connectivity index (χ1v) is 6.74. The highest BCUT2D eigenvalue weighted by molar-refractivity contribution is 5.91. The monoisotopic (exact) mass is 310 g/mol. The third kappa shape index (κ3) is 2.26. The van der Waals surface area contributed by atoms with Crippen LogP contribution in [0.25, 0.3) is 5.65 Å². The molecule has 3 aromatic rings. The Morgan fingerprint density at radius 1 is 1.17 bits per heavy atom. The maximum absolute atomic E-state index is 11.3. The second-order valence-corrected chi connectivity index (χ2v) is 4.76. The summed E-state index contributed by atoms with van der Waals surface area (Å²) >= 11 is 0. The van der Waals surface area contributed by atoms with E-state index in [9.17, 15) is 9.90 Å². The molecule has 0 saturated carbocycles. The number of pyridine rings is 1. The molecule has 0 radical (unpaired) electrons. The number of nitrogens with zero attached hydrogens (tertiary/aromatic N) is 4. The largest absolute Gasteiger partial charge is 0.476 e. The normalized spacial score (nSPS) is 13.0. The highest BCUT2D eigenvalue weighted by atomic mass is 16.7. The second-order valence-electron chi connectivity index (χ2n) is 4.76. The maximum Gasteiger partial charge on any atom is 0.358 e. The van der Waals surface area contributed by atoms with Crippen LogP contribution in [0.3, 0.4) is 0 Å². The number of rotatable bonds is 3. The van der Waals surface area contributed by atoms with Gasteiger partial charge in [0.1, 0.15) is 5.65 Å². The Hall–Kier alpha value is -3.42. The minimum Gasteiger partial charge on any atom is -0.476 e. The molecule has 0 aliphatic carbocycles. The number of imidazole rings is 1. The van der Waals surface area contributed by atoms with Crippen molar-refractivity contribution in [2.75, 3.05) is 6.79 Å². The van der Waals surface area contributed by atoms with Gasteiger partial charge in [0.15, 0.2) is 23.0 Å². The third-order valence-electron chi connectivity index (χ3n) is 3.32. The minimum absolute atomic E-state index is 0.152. The molecule has 4 rings (SSSR count). The SMILES string of the molecule is O=C(O)c1nc2ccccn2c1N=Nc1ccc2c(c1)OCO2. The molecule has 0 fully saturated rings. The predicted molar refractivity (Wildman–Crippen MR) is 78.9 cm³/mol. The van der Waals surface area contributed by atoms with Crippen molar-refractivity contribution >= 4 is 23.1 Å². The minimum atomic E-state index is -1.16. The summed E-state index contributed by atoms with van der Waals surface area (Å²) in [5.41, 5.74) is 0.863. The number of ether oxygens (including phenoxy) is 2. The van der Waals surface area contributed by atoms with Gasteiger partial charge in [-0.3, -0.25) is 4.40 Å². The van der Waals surface area contributed by atoms with Gasteiger partial charge < -0.3 is 14.6 Å². The summed E-state index contributed by atoms with van der Waals surface area (Å²) < 4.78 is 12.1. The fourth-order valence-corrected chi connectivity index (χ4v) is 2.27. The van der Waals surface area contributed by atoms with Gasteiger partial charge in [-0.25, -0.2) is 9.78 Å². The van der Waals surface area contributed by atoms with Gasteiger partial charge in [0, 0.05) is 12.3 Å². The van der Waals surface area contributed by atoms with E-state index in [1.807, 2.05) is 0 Å². The van der Waals surface area contributed by atoms with E-state index in [-0.39, 0.29) is 18.3 Å². The summed E-state index contributed by atoms with van der Waals surface area (Å²) in [6.07, 6.45) is 1.68. The quantitative estimate of drug-likeness (QED) is 0.749. The Bertz CT molecular complexity index is 948. The van der Waals surface area contributed by atoms with Crippen molar-refractivity contribution in [2.45, 2.75) is 0 Å². The van der Waals surface area contributed by atoms with Crippen LogP contribution in [0.2, 0.25) is 0 Å². The maximum atomic E-state index is 11.3. The van der Waals surface area contributed by atoms with Gasteiger partial charge in [0.25, 0.3) is 0 Å². The molecule has 1 N–H and O–H groups in total. The van der Waals surface area contributed by atoms with Crippen molar-refractivity contribution < 1.29 is 19.4 Å². The molecule has 1 aromatic carbocycles. The van der Waals surface area contributed by atoms with Gasteiger partial charge in [0.2, 0.25) is 6.79 Å². The van der Waals surface area contributed by atoms with Crippen molar-refractivity contribution in [1.29, 1.82) is 0 Å². The highest BCUT2D eigenvalue weighted by Gasteiger charge is 2.18. The number of carboxylic acids is 1. The number of hydrogen-bond acceptors (Lipinski definition) is 6. The zero-order valence-electron chi connectivity index (χ0n) is 11.7. The van der Waals surface area contributed by atoms with E-state index in [4.69, 9.17) is 9.47 Å². The smallest absolute Gasteiger partial charge is 0.358 e. The third-order valence-corrected chi connectivity index (χ3v) is 3.32. The van der Waals surface area contributed by atoms with Crippen LogP contribution in [0.4, 0.5) is 11.5 Å². The number of hydrogen-bond donors (Lipinski definition) is 1. The van der Waals surface area contributed by atoms with E-state index in [0.29, 0.717) is 22.8 Å². The van der Waals surface area contributed by atoms with E-state index < -0.39 is 5.97 Å². The summed E-state index contributed by atoms with van der Waals surface area (Å²) in [6, 6.07) is 10.3. The Morgan fingerprint density at radius 2 is 2.04 bits per heavy atom. The van der Waals surface area contributed by atoms with E-state index in [0.717, 1.165) is 0 Å². The first-order valence-electron chi connectivity index (χ1n) is 6.74.